The number of phenols is 4. The van der Waals surface area contributed by atoms with Gasteiger partial charge in [-0.15, -0.1) is 0 Å². The van der Waals surface area contributed by atoms with Crippen molar-refractivity contribution in [3.8, 4) is 28.7 Å². The molecule has 1 aliphatic heterocycles. The number of aromatic hydroxyl groups is 4. The van der Waals surface area contributed by atoms with Crippen molar-refractivity contribution in [3.63, 3.8) is 0 Å². The molecule has 0 aliphatic carbocycles. The Balaban J connectivity index is 2.00. The molecule has 110 valence electrons. The lowest BCUT2D eigenvalue weighted by atomic mass is 10.2. The van der Waals surface area contributed by atoms with Gasteiger partial charge in [0.05, 0.1) is 6.10 Å². The van der Waals surface area contributed by atoms with Gasteiger partial charge in [-0.2, -0.15) is 0 Å². The molecule has 2 unspecified atom stereocenters. The Morgan fingerprint density at radius 3 is 2.38 bits per heavy atom. The molecule has 21 heavy (non-hydrogen) atoms. The fraction of sp³-hybridized carbons (Fsp3) is 0.200. The molecule has 2 aromatic rings. The first-order valence-electron chi connectivity index (χ1n) is 6.37. The predicted molar refractivity (Wildman–Crippen MR) is 72.6 cm³/mol. The van der Waals surface area contributed by atoms with E-state index >= 15 is 0 Å². The predicted octanol–water partition coefficient (Wildman–Crippen LogP) is 1.55. The minimum atomic E-state index is -0.933. The third kappa shape index (κ3) is 2.30. The molecule has 0 spiro atoms. The van der Waals surface area contributed by atoms with Gasteiger partial charge >= 0.3 is 0 Å². The molecule has 3 rings (SSSR count). The van der Waals surface area contributed by atoms with Crippen molar-refractivity contribution >= 4 is 0 Å². The van der Waals surface area contributed by atoms with E-state index in [-0.39, 0.29) is 35.2 Å². The molecule has 0 amide bonds. The molecular formula is C15H14O6. The Morgan fingerprint density at radius 2 is 1.67 bits per heavy atom. The summed E-state index contributed by atoms with van der Waals surface area (Å²) in [6, 6.07) is 6.67. The van der Waals surface area contributed by atoms with Crippen LogP contribution in [0.4, 0.5) is 0 Å². The van der Waals surface area contributed by atoms with Crippen LogP contribution in [0, 0.1) is 0 Å². The monoisotopic (exact) mass is 293 g/mol. The smallest absolute Gasteiger partial charge is 0.157 e. The summed E-state index contributed by atoms with van der Waals surface area (Å²) in [4.78, 5) is 0. The third-order valence-electron chi connectivity index (χ3n) is 3.51. The second-order valence-corrected chi connectivity index (χ2v) is 5.00. The standard InChI is InChI=1S/C15H14O6/c16-8-4-11(18)9-6-13(20)15(21-14(9)5-8)7-1-2-10(17)12(19)3-7/h1-5,13,15-20H,6H2/i6+1,13+1,15+1. The number of rotatable bonds is 1. The van der Waals surface area contributed by atoms with Crippen molar-refractivity contribution < 1.29 is 30.3 Å². The van der Waals surface area contributed by atoms with E-state index < -0.39 is 12.2 Å². The number of aliphatic hydroxyl groups is 1. The molecule has 1 heterocycles. The maximum Gasteiger partial charge on any atom is 0.157 e. The van der Waals surface area contributed by atoms with Crippen molar-refractivity contribution in [2.24, 2.45) is 0 Å². The van der Waals surface area contributed by atoms with E-state index in [0.717, 1.165) is 0 Å². The SMILES string of the molecule is Oc1cc(O)c2c(c1)O[13CH](c1ccc(O)c(O)c1)[13CH](O)[13CH2]2. The van der Waals surface area contributed by atoms with Gasteiger partial charge in [0.15, 0.2) is 11.5 Å². The number of hydrogen-bond acceptors (Lipinski definition) is 6. The van der Waals surface area contributed by atoms with Crippen LogP contribution in [0.2, 0.25) is 0 Å². The highest BCUT2D eigenvalue weighted by atomic mass is 16.6. The first-order valence-corrected chi connectivity index (χ1v) is 6.37. The van der Waals surface area contributed by atoms with Gasteiger partial charge in [-0.3, -0.25) is 0 Å². The van der Waals surface area contributed by atoms with Crippen molar-refractivity contribution in [1.29, 1.82) is 0 Å². The second kappa shape index (κ2) is 4.75. The highest BCUT2D eigenvalue weighted by Crippen LogP contribution is 2.42. The summed E-state index contributed by atoms with van der Waals surface area (Å²) < 4.78 is 5.62. The van der Waals surface area contributed by atoms with Gasteiger partial charge in [-0.25, -0.2) is 0 Å². The molecule has 1 aliphatic rings. The molecule has 6 nitrogen and oxygen atoms in total. The van der Waals surface area contributed by atoms with E-state index in [1.54, 1.807) is 0 Å². The molecule has 0 radical (unpaired) electrons. The topological polar surface area (TPSA) is 110 Å². The summed E-state index contributed by atoms with van der Waals surface area (Å²) in [6.45, 7) is 0. The zero-order chi connectivity index (χ0) is 15.1. The van der Waals surface area contributed by atoms with Gasteiger partial charge in [-0.05, 0) is 17.7 Å². The van der Waals surface area contributed by atoms with Crippen LogP contribution in [-0.2, 0) is 6.42 Å². The highest BCUT2D eigenvalue weighted by Gasteiger charge is 2.32. The van der Waals surface area contributed by atoms with Crippen LogP contribution < -0.4 is 4.74 Å². The Hall–Kier alpha value is -2.60. The molecule has 0 bridgehead atoms. The first kappa shape index (κ1) is 13.4. The van der Waals surface area contributed by atoms with Gasteiger partial charge in [0.25, 0.3) is 0 Å². The Bertz CT molecular complexity index is 697. The van der Waals surface area contributed by atoms with Crippen molar-refractivity contribution in [2.75, 3.05) is 0 Å². The molecule has 0 saturated heterocycles. The maximum atomic E-state index is 10.2. The number of hydrogen-bond donors (Lipinski definition) is 5. The molecular weight excluding hydrogens is 279 g/mol. The summed E-state index contributed by atoms with van der Waals surface area (Å²) in [5, 5.41) is 48.3. The van der Waals surface area contributed by atoms with Crippen LogP contribution in [0.3, 0.4) is 0 Å². The maximum absolute atomic E-state index is 10.2. The lowest BCUT2D eigenvalue weighted by molar-refractivity contribution is 0.0197. The van der Waals surface area contributed by atoms with E-state index in [2.05, 4.69) is 0 Å². The van der Waals surface area contributed by atoms with Crippen LogP contribution in [-0.4, -0.2) is 31.6 Å². The highest BCUT2D eigenvalue weighted by molar-refractivity contribution is 5.52. The average Bonchev–Trinajstić information content (AvgIpc) is 2.42. The van der Waals surface area contributed by atoms with Crippen molar-refractivity contribution in [2.45, 2.75) is 18.6 Å². The largest absolute Gasteiger partial charge is 0.508 e. The normalized spacial score (nSPS) is 20.6. The lowest BCUT2D eigenvalue weighted by Crippen LogP contribution is -2.30. The summed E-state index contributed by atoms with van der Waals surface area (Å²) in [5.74, 6) is -0.589. The zero-order valence-electron chi connectivity index (χ0n) is 10.9. The number of aliphatic hydroxyl groups excluding tert-OH is 1. The number of ether oxygens (including phenoxy) is 1. The number of benzene rings is 2. The van der Waals surface area contributed by atoms with E-state index in [1.165, 1.54) is 30.3 Å². The summed E-state index contributed by atoms with van der Waals surface area (Å²) in [6.07, 6.45) is -1.56. The number of fused-ring (bicyclic) bond motifs is 1. The zero-order valence-corrected chi connectivity index (χ0v) is 10.9. The van der Waals surface area contributed by atoms with Gasteiger partial charge < -0.3 is 30.3 Å². The van der Waals surface area contributed by atoms with E-state index in [1.807, 2.05) is 0 Å². The van der Waals surface area contributed by atoms with E-state index in [9.17, 15) is 25.5 Å². The van der Waals surface area contributed by atoms with Crippen LogP contribution in [0.25, 0.3) is 0 Å². The molecule has 2 aromatic carbocycles. The molecule has 5 N–H and O–H groups in total. The Kier molecular flexibility index (Phi) is 3.03. The van der Waals surface area contributed by atoms with Crippen LogP contribution in [0.1, 0.15) is 17.2 Å². The minimum absolute atomic E-state index is 0.143. The molecule has 0 aromatic heterocycles. The first-order chi connectivity index (χ1) is 9.95. The van der Waals surface area contributed by atoms with Gasteiger partial charge in [0, 0.05) is 24.1 Å². The molecule has 2 atom stereocenters. The number of phenolic OH excluding ortho intramolecular Hbond substituents is 4. The van der Waals surface area contributed by atoms with Crippen LogP contribution >= 0.6 is 0 Å². The molecule has 6 heteroatoms. The fourth-order valence-electron chi connectivity index (χ4n) is 2.47. The molecule has 0 fully saturated rings. The van der Waals surface area contributed by atoms with Crippen molar-refractivity contribution in [1.82, 2.24) is 0 Å². The van der Waals surface area contributed by atoms with Gasteiger partial charge in [0.2, 0.25) is 0 Å². The Morgan fingerprint density at radius 1 is 0.905 bits per heavy atom. The Labute approximate surface area is 120 Å². The lowest BCUT2D eigenvalue weighted by Gasteiger charge is -2.31. The third-order valence-corrected chi connectivity index (χ3v) is 3.51. The van der Waals surface area contributed by atoms with Crippen molar-refractivity contribution in [3.05, 3.63) is 41.5 Å². The summed E-state index contributed by atoms with van der Waals surface area (Å²) >= 11 is 0. The van der Waals surface area contributed by atoms with E-state index in [4.69, 9.17) is 4.74 Å². The van der Waals surface area contributed by atoms with Crippen LogP contribution in [0.5, 0.6) is 28.7 Å². The summed E-state index contributed by atoms with van der Waals surface area (Å²) in [7, 11) is 0. The van der Waals surface area contributed by atoms with Gasteiger partial charge in [-0.1, -0.05) is 6.07 Å². The van der Waals surface area contributed by atoms with E-state index in [0.29, 0.717) is 11.1 Å². The van der Waals surface area contributed by atoms with Gasteiger partial charge in [0.1, 0.15) is 23.4 Å². The average molecular weight is 293 g/mol. The second-order valence-electron chi connectivity index (χ2n) is 5.00. The molecule has 0 saturated carbocycles. The summed E-state index contributed by atoms with van der Waals surface area (Å²) in [5.41, 5.74) is 0.894. The quantitative estimate of drug-likeness (QED) is 0.403. The minimum Gasteiger partial charge on any atom is -0.508 e. The fourth-order valence-corrected chi connectivity index (χ4v) is 2.47. The van der Waals surface area contributed by atoms with Crippen LogP contribution in [0.15, 0.2) is 30.3 Å².